The van der Waals surface area contributed by atoms with Crippen molar-refractivity contribution in [3.63, 3.8) is 0 Å². The molecule has 0 radical (unpaired) electrons. The Bertz CT molecular complexity index is 1510. The number of thioether (sulfide) groups is 1. The number of aryl methyl sites for hydroxylation is 1. The molecule has 0 spiro atoms. The number of halogens is 3. The third-order valence-corrected chi connectivity index (χ3v) is 10.1. The summed E-state index contributed by atoms with van der Waals surface area (Å²) in [4.78, 5) is 20.1. The molecular formula is C23H20ClF2N3O3S2. The van der Waals surface area contributed by atoms with Gasteiger partial charge in [-0.15, -0.1) is 11.8 Å². The van der Waals surface area contributed by atoms with Crippen LogP contribution in [0.1, 0.15) is 6.42 Å². The normalized spacial score (nSPS) is 23.3. The lowest BCUT2D eigenvalue weighted by Crippen LogP contribution is -2.49. The standard InChI is InChI=1S/C23H20ClF2N3O3S2/c24-17-7-16-20-21(19(17)15-2-1-14(25)6-18(15)26)33-4-3-29(20)23(30)27-22(16)28-8-12-5-13(9-28)11-34(31,32)10-12/h1-2,6-7,12-13H,3-5,8-11H2. The quantitative estimate of drug-likeness (QED) is 0.506. The average Bonchev–Trinajstić information content (AvgIpc) is 2.75. The van der Waals surface area contributed by atoms with Crippen LogP contribution < -0.4 is 10.6 Å². The molecular weight excluding hydrogens is 504 g/mol. The van der Waals surface area contributed by atoms with Gasteiger partial charge in [0, 0.05) is 52.9 Å². The minimum Gasteiger partial charge on any atom is -0.355 e. The Morgan fingerprint density at radius 1 is 1.12 bits per heavy atom. The average molecular weight is 524 g/mol. The van der Waals surface area contributed by atoms with Gasteiger partial charge in [0.05, 0.1) is 22.0 Å². The molecule has 0 N–H and O–H groups in total. The Morgan fingerprint density at radius 2 is 1.85 bits per heavy atom. The number of sulfone groups is 1. The van der Waals surface area contributed by atoms with E-state index in [2.05, 4.69) is 4.98 Å². The molecule has 4 heterocycles. The molecule has 178 valence electrons. The van der Waals surface area contributed by atoms with E-state index in [1.165, 1.54) is 23.9 Å². The Morgan fingerprint density at radius 3 is 2.56 bits per heavy atom. The number of anilines is 1. The van der Waals surface area contributed by atoms with Gasteiger partial charge < -0.3 is 4.90 Å². The van der Waals surface area contributed by atoms with Crippen molar-refractivity contribution in [2.75, 3.05) is 35.2 Å². The van der Waals surface area contributed by atoms with Gasteiger partial charge >= 0.3 is 5.69 Å². The molecule has 3 aliphatic heterocycles. The number of fused-ring (bicyclic) bond motifs is 2. The largest absolute Gasteiger partial charge is 0.355 e. The fraction of sp³-hybridized carbons (Fsp3) is 0.391. The van der Waals surface area contributed by atoms with E-state index < -0.39 is 27.2 Å². The van der Waals surface area contributed by atoms with Crippen molar-refractivity contribution in [3.05, 3.63) is 51.4 Å². The summed E-state index contributed by atoms with van der Waals surface area (Å²) in [6.45, 7) is 1.45. The van der Waals surface area contributed by atoms with Crippen LogP contribution in [-0.4, -0.2) is 48.3 Å². The number of rotatable bonds is 2. The van der Waals surface area contributed by atoms with Crippen molar-refractivity contribution in [3.8, 4) is 11.1 Å². The van der Waals surface area contributed by atoms with Gasteiger partial charge in [-0.05, 0) is 36.5 Å². The number of nitrogens with zero attached hydrogens (tertiary/aromatic N) is 3. The van der Waals surface area contributed by atoms with Gasteiger partial charge in [-0.1, -0.05) is 11.6 Å². The summed E-state index contributed by atoms with van der Waals surface area (Å²) in [5, 5.41) is 0.969. The molecule has 2 aromatic carbocycles. The second-order valence-corrected chi connectivity index (χ2v) is 12.9. The van der Waals surface area contributed by atoms with Gasteiger partial charge in [0.2, 0.25) is 0 Å². The molecule has 6 nitrogen and oxygen atoms in total. The number of hydrogen-bond acceptors (Lipinski definition) is 6. The van der Waals surface area contributed by atoms with E-state index in [-0.39, 0.29) is 33.9 Å². The first kappa shape index (κ1) is 22.3. The molecule has 1 aromatic heterocycles. The summed E-state index contributed by atoms with van der Waals surface area (Å²) in [6.07, 6.45) is 0.848. The van der Waals surface area contributed by atoms with Gasteiger partial charge in [0.25, 0.3) is 0 Å². The second kappa shape index (κ2) is 7.93. The Hall–Kier alpha value is -2.17. The highest BCUT2D eigenvalue weighted by Crippen LogP contribution is 2.46. The zero-order valence-corrected chi connectivity index (χ0v) is 20.3. The predicted octanol–water partition coefficient (Wildman–Crippen LogP) is 3.97. The highest BCUT2D eigenvalue weighted by Gasteiger charge is 2.39. The Kier molecular flexibility index (Phi) is 5.20. The topological polar surface area (TPSA) is 72.3 Å². The molecule has 2 bridgehead atoms. The molecule has 3 aromatic rings. The van der Waals surface area contributed by atoms with E-state index in [4.69, 9.17) is 11.6 Å². The Balaban J connectivity index is 1.56. The second-order valence-electron chi connectivity index (χ2n) is 9.25. The molecule has 11 heteroatoms. The van der Waals surface area contributed by atoms with Crippen LogP contribution in [0.4, 0.5) is 14.6 Å². The first-order valence-electron chi connectivity index (χ1n) is 11.0. The van der Waals surface area contributed by atoms with Crippen molar-refractivity contribution < 1.29 is 17.2 Å². The maximum atomic E-state index is 14.7. The van der Waals surface area contributed by atoms with Gasteiger partial charge in [-0.2, -0.15) is 4.98 Å². The third kappa shape index (κ3) is 3.61. The molecule has 2 atom stereocenters. The van der Waals surface area contributed by atoms with Crippen molar-refractivity contribution in [2.45, 2.75) is 17.9 Å². The Labute approximate surface area is 203 Å². The first-order chi connectivity index (χ1) is 16.2. The maximum absolute atomic E-state index is 14.7. The van der Waals surface area contributed by atoms with Gasteiger partial charge in [-0.3, -0.25) is 4.57 Å². The van der Waals surface area contributed by atoms with E-state index in [0.29, 0.717) is 52.6 Å². The third-order valence-electron chi connectivity index (χ3n) is 6.81. The van der Waals surface area contributed by atoms with Crippen LogP contribution in [0.5, 0.6) is 0 Å². The molecule has 6 rings (SSSR count). The SMILES string of the molecule is O=c1nc(N2CC3CC(C2)CS(=O)(=O)C3)c2cc(Cl)c(-c3ccc(F)cc3F)c3c2n1CCS3. The monoisotopic (exact) mass is 523 g/mol. The molecule has 0 amide bonds. The number of hydrogen-bond donors (Lipinski definition) is 0. The number of aromatic nitrogens is 2. The van der Waals surface area contributed by atoms with E-state index in [0.717, 1.165) is 12.5 Å². The predicted molar refractivity (Wildman–Crippen MR) is 130 cm³/mol. The zero-order valence-electron chi connectivity index (χ0n) is 17.9. The summed E-state index contributed by atoms with van der Waals surface area (Å²) >= 11 is 8.19. The maximum Gasteiger partial charge on any atom is 0.350 e. The lowest BCUT2D eigenvalue weighted by Gasteiger charge is -2.42. The van der Waals surface area contributed by atoms with Crippen molar-refractivity contribution in [1.29, 1.82) is 0 Å². The van der Waals surface area contributed by atoms with E-state index >= 15 is 0 Å². The van der Waals surface area contributed by atoms with Crippen molar-refractivity contribution in [1.82, 2.24) is 9.55 Å². The van der Waals surface area contributed by atoms with Crippen LogP contribution in [-0.2, 0) is 16.4 Å². The molecule has 2 saturated heterocycles. The van der Waals surface area contributed by atoms with Crippen LogP contribution in [0, 0.1) is 23.5 Å². The van der Waals surface area contributed by atoms with Gasteiger partial charge in [-0.25, -0.2) is 22.0 Å². The molecule has 2 unspecified atom stereocenters. The van der Waals surface area contributed by atoms with Crippen LogP contribution >= 0.6 is 23.4 Å². The van der Waals surface area contributed by atoms with Gasteiger partial charge in [0.1, 0.15) is 17.5 Å². The van der Waals surface area contributed by atoms with E-state index in [9.17, 15) is 22.0 Å². The van der Waals surface area contributed by atoms with Crippen LogP contribution in [0.2, 0.25) is 5.02 Å². The minimum atomic E-state index is -3.06. The summed E-state index contributed by atoms with van der Waals surface area (Å²) in [5.41, 5.74) is 0.842. The molecule has 0 saturated carbocycles. The van der Waals surface area contributed by atoms with Crippen molar-refractivity contribution >= 4 is 49.9 Å². The summed E-state index contributed by atoms with van der Waals surface area (Å²) in [5.74, 6) is -0.0664. The smallest absolute Gasteiger partial charge is 0.350 e. The minimum absolute atomic E-state index is 0.0124. The molecule has 34 heavy (non-hydrogen) atoms. The summed E-state index contributed by atoms with van der Waals surface area (Å²) < 4.78 is 54.3. The number of piperidine rings is 1. The number of benzene rings is 2. The van der Waals surface area contributed by atoms with E-state index in [1.54, 1.807) is 10.6 Å². The van der Waals surface area contributed by atoms with Crippen LogP contribution in [0.15, 0.2) is 34.0 Å². The highest BCUT2D eigenvalue weighted by atomic mass is 35.5. The van der Waals surface area contributed by atoms with E-state index in [1.807, 2.05) is 4.90 Å². The van der Waals surface area contributed by atoms with Crippen LogP contribution in [0.3, 0.4) is 0 Å². The highest BCUT2D eigenvalue weighted by molar-refractivity contribution is 7.99. The molecule has 3 aliphatic rings. The fourth-order valence-electron chi connectivity index (χ4n) is 5.65. The van der Waals surface area contributed by atoms with Crippen LogP contribution in [0.25, 0.3) is 22.0 Å². The summed E-state index contributed by atoms with van der Waals surface area (Å²) in [6, 6.07) is 5.07. The zero-order chi connectivity index (χ0) is 23.8. The molecule has 2 fully saturated rings. The lowest BCUT2D eigenvalue weighted by atomic mass is 9.91. The summed E-state index contributed by atoms with van der Waals surface area (Å²) in [7, 11) is -3.06. The first-order valence-corrected chi connectivity index (χ1v) is 14.2. The molecule has 0 aliphatic carbocycles. The van der Waals surface area contributed by atoms with Gasteiger partial charge in [0.15, 0.2) is 9.84 Å². The lowest BCUT2D eigenvalue weighted by molar-refractivity contribution is 0.339. The van der Waals surface area contributed by atoms with Crippen molar-refractivity contribution in [2.24, 2.45) is 11.8 Å². The fourth-order valence-corrected chi connectivity index (χ4v) is 9.27.